The number of hydrogen-bond acceptors (Lipinski definition) is 5. The number of amides is 3. The third kappa shape index (κ3) is 7.23. The van der Waals surface area contributed by atoms with E-state index < -0.39 is 29.5 Å². The maximum Gasteiger partial charge on any atom is 0.416 e. The van der Waals surface area contributed by atoms with E-state index >= 15 is 0 Å². The molecule has 0 saturated heterocycles. The topological polar surface area (TPSA) is 106 Å². The Hall–Kier alpha value is -4.54. The van der Waals surface area contributed by atoms with E-state index in [9.17, 15) is 27.6 Å². The minimum Gasteiger partial charge on any atom is -0.490 e. The van der Waals surface area contributed by atoms with Crippen LogP contribution in [-0.4, -0.2) is 30.9 Å². The number of carbonyl (C=O) groups excluding carboxylic acids is 3. The first kappa shape index (κ1) is 27.1. The summed E-state index contributed by atoms with van der Waals surface area (Å²) >= 11 is 0. The van der Waals surface area contributed by atoms with Crippen LogP contribution in [0, 0.1) is 0 Å². The minimum absolute atomic E-state index is 0.0869. The van der Waals surface area contributed by atoms with Crippen LogP contribution in [0.5, 0.6) is 11.5 Å². The lowest BCUT2D eigenvalue weighted by molar-refractivity contribution is -0.137. The number of hydrazine groups is 1. The highest BCUT2D eigenvalue weighted by atomic mass is 19.4. The highest BCUT2D eigenvalue weighted by Gasteiger charge is 2.31. The van der Waals surface area contributed by atoms with E-state index in [4.69, 9.17) is 9.47 Å². The standard InChI is InChI=1S/C26H24F3N3O5/c1-3-36-21-12-11-18(15-22(21)37-4-2)23(33)30-20-10-6-8-17(14-20)25(35)32-31-24(34)16-7-5-9-19(13-16)26(27,28)29/h5-15H,3-4H2,1-2H3,(H,30,33)(H,31,34)(H,32,35). The zero-order valence-electron chi connectivity index (χ0n) is 19.9. The summed E-state index contributed by atoms with van der Waals surface area (Å²) in [5, 5.41) is 2.68. The van der Waals surface area contributed by atoms with Gasteiger partial charge in [0.2, 0.25) is 0 Å². The molecule has 0 spiro atoms. The average Bonchev–Trinajstić information content (AvgIpc) is 2.88. The van der Waals surface area contributed by atoms with Crippen LogP contribution in [0.1, 0.15) is 50.5 Å². The van der Waals surface area contributed by atoms with Gasteiger partial charge in [-0.1, -0.05) is 12.1 Å². The summed E-state index contributed by atoms with van der Waals surface area (Å²) in [6, 6.07) is 14.4. The molecule has 194 valence electrons. The Labute approximate surface area is 210 Å². The summed E-state index contributed by atoms with van der Waals surface area (Å²) in [6.07, 6.45) is -4.61. The van der Waals surface area contributed by atoms with Gasteiger partial charge in [0.05, 0.1) is 18.8 Å². The van der Waals surface area contributed by atoms with Crippen LogP contribution >= 0.6 is 0 Å². The monoisotopic (exact) mass is 515 g/mol. The third-order valence-electron chi connectivity index (χ3n) is 4.93. The number of anilines is 1. The van der Waals surface area contributed by atoms with Gasteiger partial charge in [0.15, 0.2) is 11.5 Å². The van der Waals surface area contributed by atoms with Gasteiger partial charge in [-0.15, -0.1) is 0 Å². The number of hydrogen-bond donors (Lipinski definition) is 3. The van der Waals surface area contributed by atoms with E-state index in [1.54, 1.807) is 31.2 Å². The Balaban J connectivity index is 1.65. The lowest BCUT2D eigenvalue weighted by Gasteiger charge is -2.13. The molecule has 0 aromatic heterocycles. The van der Waals surface area contributed by atoms with Crippen molar-refractivity contribution in [3.63, 3.8) is 0 Å². The van der Waals surface area contributed by atoms with Gasteiger partial charge in [0.25, 0.3) is 17.7 Å². The van der Waals surface area contributed by atoms with Crippen LogP contribution in [0.25, 0.3) is 0 Å². The first-order chi connectivity index (χ1) is 17.6. The number of rotatable bonds is 8. The molecule has 3 N–H and O–H groups in total. The highest BCUT2D eigenvalue weighted by molar-refractivity contribution is 6.05. The second kappa shape index (κ2) is 11.9. The molecule has 0 heterocycles. The molecule has 37 heavy (non-hydrogen) atoms. The molecule has 0 aliphatic rings. The van der Waals surface area contributed by atoms with Crippen molar-refractivity contribution >= 4 is 23.4 Å². The molecule has 0 unspecified atom stereocenters. The Bertz CT molecular complexity index is 1290. The van der Waals surface area contributed by atoms with Gasteiger partial charge >= 0.3 is 6.18 Å². The molecule has 0 aliphatic carbocycles. The van der Waals surface area contributed by atoms with Crippen molar-refractivity contribution in [2.45, 2.75) is 20.0 Å². The summed E-state index contributed by atoms with van der Waals surface area (Å²) in [4.78, 5) is 37.4. The van der Waals surface area contributed by atoms with Crippen molar-refractivity contribution in [1.29, 1.82) is 0 Å². The SMILES string of the molecule is CCOc1ccc(C(=O)Nc2cccc(C(=O)NNC(=O)c3cccc(C(F)(F)F)c3)c2)cc1OCC. The zero-order chi connectivity index (χ0) is 27.0. The number of nitrogens with one attached hydrogen (secondary N) is 3. The summed E-state index contributed by atoms with van der Waals surface area (Å²) < 4.78 is 49.6. The molecular formula is C26H24F3N3O5. The lowest BCUT2D eigenvalue weighted by Crippen LogP contribution is -2.41. The molecule has 0 radical (unpaired) electrons. The van der Waals surface area contributed by atoms with E-state index in [2.05, 4.69) is 16.2 Å². The smallest absolute Gasteiger partial charge is 0.416 e. The predicted molar refractivity (Wildman–Crippen MR) is 130 cm³/mol. The maximum atomic E-state index is 12.9. The van der Waals surface area contributed by atoms with Crippen LogP contribution in [-0.2, 0) is 6.18 Å². The number of benzene rings is 3. The normalized spacial score (nSPS) is 10.8. The van der Waals surface area contributed by atoms with Crippen molar-refractivity contribution in [2.75, 3.05) is 18.5 Å². The maximum absolute atomic E-state index is 12.9. The largest absolute Gasteiger partial charge is 0.490 e. The molecule has 3 rings (SSSR count). The van der Waals surface area contributed by atoms with Crippen molar-refractivity contribution in [1.82, 2.24) is 10.9 Å². The molecule has 3 aromatic carbocycles. The molecule has 0 bridgehead atoms. The van der Waals surface area contributed by atoms with Crippen LogP contribution in [0.15, 0.2) is 66.7 Å². The molecule has 0 saturated carbocycles. The first-order valence-corrected chi connectivity index (χ1v) is 11.2. The van der Waals surface area contributed by atoms with Crippen LogP contribution in [0.2, 0.25) is 0 Å². The summed E-state index contributed by atoms with van der Waals surface area (Å²) in [5.74, 6) is -1.20. The third-order valence-corrected chi connectivity index (χ3v) is 4.93. The van der Waals surface area contributed by atoms with E-state index in [0.29, 0.717) is 42.0 Å². The van der Waals surface area contributed by atoms with Gasteiger partial charge in [0.1, 0.15) is 0 Å². The van der Waals surface area contributed by atoms with Gasteiger partial charge in [-0.2, -0.15) is 13.2 Å². The molecule has 8 nitrogen and oxygen atoms in total. The van der Waals surface area contributed by atoms with Gasteiger partial charge in [-0.3, -0.25) is 25.2 Å². The number of alkyl halides is 3. The van der Waals surface area contributed by atoms with E-state index in [1.165, 1.54) is 24.3 Å². The second-order valence-electron chi connectivity index (χ2n) is 7.55. The molecular weight excluding hydrogens is 491 g/mol. The number of ether oxygens (including phenoxy) is 2. The zero-order valence-corrected chi connectivity index (χ0v) is 19.9. The number of halogens is 3. The van der Waals surface area contributed by atoms with Crippen molar-refractivity contribution in [3.05, 3.63) is 89.0 Å². The lowest BCUT2D eigenvalue weighted by atomic mass is 10.1. The molecule has 0 atom stereocenters. The van der Waals surface area contributed by atoms with Gasteiger partial charge in [-0.25, -0.2) is 0 Å². The van der Waals surface area contributed by atoms with Crippen LogP contribution < -0.4 is 25.6 Å². The van der Waals surface area contributed by atoms with Crippen molar-refractivity contribution in [3.8, 4) is 11.5 Å². The second-order valence-corrected chi connectivity index (χ2v) is 7.55. The first-order valence-electron chi connectivity index (χ1n) is 11.2. The van der Waals surface area contributed by atoms with Gasteiger partial charge in [-0.05, 0) is 68.4 Å². The molecule has 0 fully saturated rings. The fourth-order valence-electron chi connectivity index (χ4n) is 3.23. The quantitative estimate of drug-likeness (QED) is 0.373. The van der Waals surface area contributed by atoms with Crippen LogP contribution in [0.3, 0.4) is 0 Å². The molecule has 3 aromatic rings. The van der Waals surface area contributed by atoms with E-state index in [0.717, 1.165) is 12.1 Å². The van der Waals surface area contributed by atoms with Crippen molar-refractivity contribution < 1.29 is 37.0 Å². The fraction of sp³-hybridized carbons (Fsp3) is 0.192. The average molecular weight is 515 g/mol. The summed E-state index contributed by atoms with van der Waals surface area (Å²) in [5.41, 5.74) is 3.64. The fourth-order valence-corrected chi connectivity index (χ4v) is 3.23. The van der Waals surface area contributed by atoms with Gasteiger partial charge in [0, 0.05) is 22.4 Å². The van der Waals surface area contributed by atoms with Crippen molar-refractivity contribution in [2.24, 2.45) is 0 Å². The Morgan fingerprint density at radius 1 is 0.703 bits per heavy atom. The van der Waals surface area contributed by atoms with Gasteiger partial charge < -0.3 is 14.8 Å². The molecule has 0 aliphatic heterocycles. The minimum atomic E-state index is -4.61. The molecule has 3 amide bonds. The van der Waals surface area contributed by atoms with E-state index in [-0.39, 0.29) is 11.1 Å². The van der Waals surface area contributed by atoms with E-state index in [1.807, 2.05) is 6.92 Å². The Morgan fingerprint density at radius 3 is 1.89 bits per heavy atom. The van der Waals surface area contributed by atoms with Crippen LogP contribution in [0.4, 0.5) is 18.9 Å². The highest BCUT2D eigenvalue weighted by Crippen LogP contribution is 2.30. The Morgan fingerprint density at radius 2 is 1.27 bits per heavy atom. The number of carbonyl (C=O) groups is 3. The summed E-state index contributed by atoms with van der Waals surface area (Å²) in [7, 11) is 0. The summed E-state index contributed by atoms with van der Waals surface area (Å²) in [6.45, 7) is 4.45. The predicted octanol–water partition coefficient (Wildman–Crippen LogP) is 4.83. The Kier molecular flexibility index (Phi) is 8.72. The molecule has 11 heteroatoms.